The van der Waals surface area contributed by atoms with Gasteiger partial charge in [-0.25, -0.2) is 4.79 Å². The van der Waals surface area contributed by atoms with Gasteiger partial charge in [0.15, 0.2) is 0 Å². The predicted molar refractivity (Wildman–Crippen MR) is 139 cm³/mol. The highest BCUT2D eigenvalue weighted by molar-refractivity contribution is 5.77. The number of carbonyl (C=O) groups is 4. The molecular formula is C27H48N2O8. The lowest BCUT2D eigenvalue weighted by atomic mass is 9.83. The van der Waals surface area contributed by atoms with E-state index in [1.54, 1.807) is 62.3 Å². The number of hydrogen-bond acceptors (Lipinski definition) is 8. The molecule has 214 valence electrons. The molecule has 0 aromatic heterocycles. The van der Waals surface area contributed by atoms with Crippen molar-refractivity contribution >= 4 is 23.9 Å². The molecule has 0 saturated carbocycles. The second kappa shape index (κ2) is 12.9. The first-order chi connectivity index (χ1) is 16.7. The van der Waals surface area contributed by atoms with Crippen molar-refractivity contribution in [1.29, 1.82) is 0 Å². The Morgan fingerprint density at radius 2 is 1.08 bits per heavy atom. The lowest BCUT2D eigenvalue weighted by Gasteiger charge is -2.37. The Balaban J connectivity index is 3.19. The van der Waals surface area contributed by atoms with Crippen LogP contribution in [0.5, 0.6) is 0 Å². The van der Waals surface area contributed by atoms with Crippen molar-refractivity contribution in [2.24, 2.45) is 0 Å². The quantitative estimate of drug-likeness (QED) is 0.323. The fourth-order valence-corrected chi connectivity index (χ4v) is 4.00. The van der Waals surface area contributed by atoms with Gasteiger partial charge in [-0.05, 0) is 88.0 Å². The highest BCUT2D eigenvalue weighted by atomic mass is 16.6. The van der Waals surface area contributed by atoms with Crippen molar-refractivity contribution in [3.8, 4) is 0 Å². The number of nitrogens with one attached hydrogen (secondary N) is 1. The first-order valence-corrected chi connectivity index (χ1v) is 13.1. The number of urea groups is 1. The largest absolute Gasteiger partial charge is 0.460 e. The van der Waals surface area contributed by atoms with Crippen LogP contribution in [0, 0.1) is 0 Å². The average Bonchev–Trinajstić information content (AvgIpc) is 3.12. The zero-order chi connectivity index (χ0) is 28.7. The van der Waals surface area contributed by atoms with E-state index in [1.165, 1.54) is 4.90 Å². The molecule has 1 fully saturated rings. The molecule has 1 unspecified atom stereocenters. The Labute approximate surface area is 221 Å². The Bertz CT molecular complexity index is 726. The van der Waals surface area contributed by atoms with E-state index >= 15 is 0 Å². The first kappa shape index (κ1) is 32.7. The number of aliphatic hydroxyl groups excluding tert-OH is 1. The summed E-state index contributed by atoms with van der Waals surface area (Å²) in [7, 11) is 0. The summed E-state index contributed by atoms with van der Waals surface area (Å²) < 4.78 is 16.4. The van der Waals surface area contributed by atoms with Gasteiger partial charge in [0, 0.05) is 37.9 Å². The van der Waals surface area contributed by atoms with Crippen molar-refractivity contribution in [2.75, 3.05) is 13.1 Å². The van der Waals surface area contributed by atoms with Gasteiger partial charge < -0.3 is 29.5 Å². The van der Waals surface area contributed by atoms with Crippen molar-refractivity contribution in [2.45, 2.75) is 136 Å². The number of carbonyl (C=O) groups excluding carboxylic acids is 4. The molecule has 10 heteroatoms. The van der Waals surface area contributed by atoms with E-state index in [-0.39, 0.29) is 45.1 Å². The van der Waals surface area contributed by atoms with Crippen LogP contribution in [0.2, 0.25) is 0 Å². The number of esters is 3. The van der Waals surface area contributed by atoms with Gasteiger partial charge >= 0.3 is 23.9 Å². The molecule has 0 aromatic carbocycles. The minimum Gasteiger partial charge on any atom is -0.460 e. The molecule has 1 heterocycles. The van der Waals surface area contributed by atoms with E-state index in [2.05, 4.69) is 5.32 Å². The number of ether oxygens (including phenoxy) is 3. The summed E-state index contributed by atoms with van der Waals surface area (Å²) in [5.41, 5.74) is -3.12. The molecule has 1 aliphatic heterocycles. The fourth-order valence-electron chi connectivity index (χ4n) is 4.00. The van der Waals surface area contributed by atoms with Gasteiger partial charge in [-0.3, -0.25) is 14.4 Å². The average molecular weight is 529 g/mol. The van der Waals surface area contributed by atoms with Crippen LogP contribution in [0.4, 0.5) is 4.79 Å². The number of aliphatic hydroxyl groups is 1. The standard InChI is InChI=1S/C27H48N2O8/c1-24(2,3)35-20(31)10-14-27(15-11-21(32)36-25(4,5)6,16-12-22(33)37-26(7,8)9)28-23(34)29-17-13-19(30)18-29/h19,30H,10-18H2,1-9H3,(H,28,34). The second-order valence-corrected chi connectivity index (χ2v) is 12.9. The Hall–Kier alpha value is -2.36. The SMILES string of the molecule is CC(C)(C)OC(=O)CCC(CCC(=O)OC(C)(C)C)(CCC(=O)OC(C)(C)C)NC(=O)N1CCC(O)C1. The molecule has 2 amide bonds. The zero-order valence-corrected chi connectivity index (χ0v) is 24.2. The summed E-state index contributed by atoms with van der Waals surface area (Å²) in [6.45, 7) is 16.5. The molecule has 1 aliphatic rings. The van der Waals surface area contributed by atoms with Crippen LogP contribution in [-0.4, -0.2) is 75.5 Å². The molecule has 37 heavy (non-hydrogen) atoms. The number of β-amino-alcohol motifs (C(OH)–C–C–N with tert-alkyl or cyclic N) is 1. The molecule has 0 aliphatic carbocycles. The fraction of sp³-hybridized carbons (Fsp3) is 0.852. The summed E-state index contributed by atoms with van der Waals surface area (Å²) in [4.78, 5) is 52.4. The molecule has 0 aromatic rings. The number of likely N-dealkylation sites (tertiary alicyclic amines) is 1. The Morgan fingerprint density at radius 1 is 0.730 bits per heavy atom. The monoisotopic (exact) mass is 528 g/mol. The van der Waals surface area contributed by atoms with Crippen molar-refractivity contribution < 1.29 is 38.5 Å². The van der Waals surface area contributed by atoms with Crippen LogP contribution in [0.3, 0.4) is 0 Å². The highest BCUT2D eigenvalue weighted by Crippen LogP contribution is 2.29. The maximum Gasteiger partial charge on any atom is 0.317 e. The molecular weight excluding hydrogens is 480 g/mol. The molecule has 2 N–H and O–H groups in total. The van der Waals surface area contributed by atoms with Crippen LogP contribution < -0.4 is 5.32 Å². The lowest BCUT2D eigenvalue weighted by molar-refractivity contribution is -0.155. The molecule has 0 radical (unpaired) electrons. The zero-order valence-electron chi connectivity index (χ0n) is 24.2. The summed E-state index contributed by atoms with van der Waals surface area (Å²) in [6.07, 6.45) is 0.231. The van der Waals surface area contributed by atoms with Gasteiger partial charge in [-0.2, -0.15) is 0 Å². The highest BCUT2D eigenvalue weighted by Gasteiger charge is 2.37. The smallest absolute Gasteiger partial charge is 0.317 e. The summed E-state index contributed by atoms with van der Waals surface area (Å²) >= 11 is 0. The Morgan fingerprint density at radius 3 is 1.35 bits per heavy atom. The van der Waals surface area contributed by atoms with E-state index in [1.807, 2.05) is 0 Å². The van der Waals surface area contributed by atoms with Gasteiger partial charge in [0.1, 0.15) is 16.8 Å². The summed E-state index contributed by atoms with van der Waals surface area (Å²) in [6, 6.07) is -0.422. The van der Waals surface area contributed by atoms with E-state index < -0.39 is 52.4 Å². The summed E-state index contributed by atoms with van der Waals surface area (Å²) in [5, 5.41) is 12.9. The molecule has 1 atom stereocenters. The topological polar surface area (TPSA) is 131 Å². The third kappa shape index (κ3) is 14.2. The van der Waals surface area contributed by atoms with Gasteiger partial charge in [-0.1, -0.05) is 0 Å². The maximum atomic E-state index is 13.2. The van der Waals surface area contributed by atoms with Crippen molar-refractivity contribution in [3.63, 3.8) is 0 Å². The Kier molecular flexibility index (Phi) is 11.4. The van der Waals surface area contributed by atoms with Crippen LogP contribution in [0.1, 0.15) is 107 Å². The van der Waals surface area contributed by atoms with E-state index in [4.69, 9.17) is 14.2 Å². The lowest BCUT2D eigenvalue weighted by Crippen LogP contribution is -2.54. The van der Waals surface area contributed by atoms with E-state index in [0.717, 1.165) is 0 Å². The minimum absolute atomic E-state index is 0.0250. The number of nitrogens with zero attached hydrogens (tertiary/aromatic N) is 1. The van der Waals surface area contributed by atoms with E-state index in [9.17, 15) is 24.3 Å². The number of hydrogen-bond donors (Lipinski definition) is 2. The maximum absolute atomic E-state index is 13.2. The first-order valence-electron chi connectivity index (χ1n) is 13.1. The summed E-state index contributed by atoms with van der Waals surface area (Å²) in [5.74, 6) is -1.34. The third-order valence-electron chi connectivity index (χ3n) is 5.51. The van der Waals surface area contributed by atoms with Crippen LogP contribution in [-0.2, 0) is 28.6 Å². The molecule has 1 rings (SSSR count). The van der Waals surface area contributed by atoms with Gasteiger partial charge in [-0.15, -0.1) is 0 Å². The van der Waals surface area contributed by atoms with Gasteiger partial charge in [0.05, 0.1) is 6.10 Å². The van der Waals surface area contributed by atoms with Crippen molar-refractivity contribution in [3.05, 3.63) is 0 Å². The van der Waals surface area contributed by atoms with Gasteiger partial charge in [0.2, 0.25) is 0 Å². The second-order valence-electron chi connectivity index (χ2n) is 12.9. The normalized spacial score (nSPS) is 16.8. The van der Waals surface area contributed by atoms with E-state index in [0.29, 0.717) is 13.0 Å². The number of rotatable bonds is 10. The third-order valence-corrected chi connectivity index (χ3v) is 5.51. The van der Waals surface area contributed by atoms with Crippen molar-refractivity contribution in [1.82, 2.24) is 10.2 Å². The number of amides is 2. The molecule has 0 bridgehead atoms. The van der Waals surface area contributed by atoms with Gasteiger partial charge in [0.25, 0.3) is 0 Å². The van der Waals surface area contributed by atoms with Crippen LogP contribution in [0.15, 0.2) is 0 Å². The van der Waals surface area contributed by atoms with Crippen LogP contribution in [0.25, 0.3) is 0 Å². The molecule has 1 saturated heterocycles. The van der Waals surface area contributed by atoms with Crippen LogP contribution >= 0.6 is 0 Å². The molecule has 0 spiro atoms. The minimum atomic E-state index is -1.09. The predicted octanol–water partition coefficient (Wildman–Crippen LogP) is 3.87. The molecule has 10 nitrogen and oxygen atoms in total.